The molecule has 1 heterocycles. The summed E-state index contributed by atoms with van der Waals surface area (Å²) in [7, 11) is -4.02. The van der Waals surface area contributed by atoms with Crippen molar-refractivity contribution in [1.29, 1.82) is 0 Å². The normalized spacial score (nSPS) is 16.8. The summed E-state index contributed by atoms with van der Waals surface area (Å²) in [4.78, 5) is 25.5. The number of aryl methyl sites for hydroxylation is 1. The molecular formula is C22H28N2O6S. The van der Waals surface area contributed by atoms with Crippen LogP contribution in [0.25, 0.3) is 0 Å². The SMILES string of the molecule is C[C@H](N)C(=O)N1CCC[C@H]1C(=O)OCc1ccccc1.Cc1ccc(S(=O)(=O)O)cc1. The van der Waals surface area contributed by atoms with Crippen molar-refractivity contribution in [3.63, 3.8) is 0 Å². The molecule has 0 aromatic heterocycles. The molecule has 1 aliphatic rings. The molecule has 1 fully saturated rings. The largest absolute Gasteiger partial charge is 0.459 e. The number of hydrogen-bond donors (Lipinski definition) is 2. The molecule has 2 aromatic rings. The first kappa shape index (κ1) is 24.5. The van der Waals surface area contributed by atoms with E-state index >= 15 is 0 Å². The predicted molar refractivity (Wildman–Crippen MR) is 116 cm³/mol. The van der Waals surface area contributed by atoms with E-state index in [0.29, 0.717) is 13.0 Å². The van der Waals surface area contributed by atoms with Gasteiger partial charge in [-0.2, -0.15) is 8.42 Å². The third-order valence-electron chi connectivity index (χ3n) is 4.74. The van der Waals surface area contributed by atoms with Crippen LogP contribution in [0.5, 0.6) is 0 Å². The Labute approximate surface area is 182 Å². The molecule has 0 saturated carbocycles. The standard InChI is InChI=1S/C15H20N2O3.C7H8O3S/c1-11(16)14(18)17-9-5-8-13(17)15(19)20-10-12-6-3-2-4-7-12;1-6-2-4-7(5-3-6)11(8,9)10/h2-4,6-7,11,13H,5,8-10,16H2,1H3;2-5H,1H3,(H,8,9,10)/t11-,13-;/m0./s1. The molecule has 31 heavy (non-hydrogen) atoms. The van der Waals surface area contributed by atoms with Crippen molar-refractivity contribution < 1.29 is 27.3 Å². The second-order valence-electron chi connectivity index (χ2n) is 7.36. The molecule has 0 bridgehead atoms. The van der Waals surface area contributed by atoms with Gasteiger partial charge in [0.15, 0.2) is 0 Å². The number of hydrogen-bond acceptors (Lipinski definition) is 6. The lowest BCUT2D eigenvalue weighted by molar-refractivity contribution is -0.154. The Balaban J connectivity index is 0.000000262. The molecule has 168 valence electrons. The molecule has 9 heteroatoms. The Bertz CT molecular complexity index is 975. The maximum Gasteiger partial charge on any atom is 0.329 e. The zero-order valence-electron chi connectivity index (χ0n) is 17.6. The van der Waals surface area contributed by atoms with Crippen LogP contribution in [0.15, 0.2) is 59.5 Å². The number of benzene rings is 2. The highest BCUT2D eigenvalue weighted by molar-refractivity contribution is 7.85. The van der Waals surface area contributed by atoms with Gasteiger partial charge in [-0.05, 0) is 44.4 Å². The van der Waals surface area contributed by atoms with Crippen LogP contribution in [-0.2, 0) is 31.1 Å². The number of nitrogens with two attached hydrogens (primary N) is 1. The summed E-state index contributed by atoms with van der Waals surface area (Å²) in [6.45, 7) is 4.28. The number of rotatable bonds is 5. The summed E-state index contributed by atoms with van der Waals surface area (Å²) >= 11 is 0. The third-order valence-corrected chi connectivity index (χ3v) is 5.61. The number of esters is 1. The van der Waals surface area contributed by atoms with E-state index in [0.717, 1.165) is 17.5 Å². The van der Waals surface area contributed by atoms with Crippen molar-refractivity contribution in [1.82, 2.24) is 4.90 Å². The Hall–Kier alpha value is -2.75. The van der Waals surface area contributed by atoms with Crippen LogP contribution >= 0.6 is 0 Å². The Kier molecular flexibility index (Phi) is 8.73. The van der Waals surface area contributed by atoms with Gasteiger partial charge in [0.25, 0.3) is 10.1 Å². The molecule has 3 N–H and O–H groups in total. The van der Waals surface area contributed by atoms with Crippen molar-refractivity contribution in [3.05, 3.63) is 65.7 Å². The summed E-state index contributed by atoms with van der Waals surface area (Å²) in [6, 6.07) is 14.4. The smallest absolute Gasteiger partial charge is 0.329 e. The van der Waals surface area contributed by atoms with Gasteiger partial charge >= 0.3 is 5.97 Å². The zero-order chi connectivity index (χ0) is 23.0. The minimum atomic E-state index is -4.02. The van der Waals surface area contributed by atoms with Gasteiger partial charge in [-0.1, -0.05) is 48.0 Å². The van der Waals surface area contributed by atoms with Gasteiger partial charge in [-0.25, -0.2) is 4.79 Å². The first-order valence-corrected chi connectivity index (χ1v) is 11.3. The van der Waals surface area contributed by atoms with Crippen LogP contribution in [0.1, 0.15) is 30.9 Å². The van der Waals surface area contributed by atoms with Crippen molar-refractivity contribution in [2.75, 3.05) is 6.54 Å². The van der Waals surface area contributed by atoms with Crippen LogP contribution in [0, 0.1) is 6.92 Å². The fourth-order valence-electron chi connectivity index (χ4n) is 3.07. The fraction of sp³-hybridized carbons (Fsp3) is 0.364. The van der Waals surface area contributed by atoms with Crippen molar-refractivity contribution >= 4 is 22.0 Å². The lowest BCUT2D eigenvalue weighted by Crippen LogP contribution is -2.47. The first-order chi connectivity index (χ1) is 14.6. The molecule has 8 nitrogen and oxygen atoms in total. The van der Waals surface area contributed by atoms with E-state index in [2.05, 4.69) is 0 Å². The monoisotopic (exact) mass is 448 g/mol. The molecule has 2 aromatic carbocycles. The highest BCUT2D eigenvalue weighted by atomic mass is 32.2. The van der Waals surface area contributed by atoms with Gasteiger partial charge < -0.3 is 15.4 Å². The topological polar surface area (TPSA) is 127 Å². The van der Waals surface area contributed by atoms with Crippen LogP contribution in [-0.4, -0.2) is 48.4 Å². The van der Waals surface area contributed by atoms with Gasteiger partial charge in [0.2, 0.25) is 5.91 Å². The van der Waals surface area contributed by atoms with Gasteiger partial charge in [-0.15, -0.1) is 0 Å². The van der Waals surface area contributed by atoms with Gasteiger partial charge in [0.05, 0.1) is 10.9 Å². The second-order valence-corrected chi connectivity index (χ2v) is 8.78. The van der Waals surface area contributed by atoms with E-state index in [-0.39, 0.29) is 23.4 Å². The Morgan fingerprint density at radius 1 is 1.16 bits per heavy atom. The van der Waals surface area contributed by atoms with Crippen LogP contribution in [0.2, 0.25) is 0 Å². The summed E-state index contributed by atoms with van der Waals surface area (Å²) in [5, 5.41) is 0. The van der Waals surface area contributed by atoms with Gasteiger partial charge in [0, 0.05) is 6.54 Å². The molecule has 1 saturated heterocycles. The van der Waals surface area contributed by atoms with E-state index in [1.165, 1.54) is 17.0 Å². The van der Waals surface area contributed by atoms with E-state index < -0.39 is 22.2 Å². The number of ether oxygens (including phenoxy) is 1. The van der Waals surface area contributed by atoms with E-state index in [1.807, 2.05) is 37.3 Å². The van der Waals surface area contributed by atoms with E-state index in [9.17, 15) is 18.0 Å². The molecule has 1 amide bonds. The minimum Gasteiger partial charge on any atom is -0.459 e. The summed E-state index contributed by atoms with van der Waals surface area (Å²) in [5.41, 5.74) is 7.49. The molecule has 3 rings (SSSR count). The third kappa shape index (κ3) is 7.46. The maximum atomic E-state index is 12.1. The summed E-state index contributed by atoms with van der Waals surface area (Å²) in [6.07, 6.45) is 1.45. The minimum absolute atomic E-state index is 0.0666. The molecule has 1 aliphatic heterocycles. The lowest BCUT2D eigenvalue weighted by Gasteiger charge is -2.24. The summed E-state index contributed by atoms with van der Waals surface area (Å²) in [5.74, 6) is -0.537. The molecule has 2 atom stereocenters. The zero-order valence-corrected chi connectivity index (χ0v) is 18.4. The fourth-order valence-corrected chi connectivity index (χ4v) is 3.55. The average Bonchev–Trinajstić information content (AvgIpc) is 3.22. The Morgan fingerprint density at radius 3 is 2.32 bits per heavy atom. The van der Waals surface area contributed by atoms with Crippen LogP contribution in [0.4, 0.5) is 0 Å². The molecular weight excluding hydrogens is 420 g/mol. The number of carbonyl (C=O) groups is 2. The molecule has 0 unspecified atom stereocenters. The highest BCUT2D eigenvalue weighted by Gasteiger charge is 2.36. The summed E-state index contributed by atoms with van der Waals surface area (Å²) < 4.78 is 34.9. The second kappa shape index (κ2) is 11.0. The Morgan fingerprint density at radius 2 is 1.77 bits per heavy atom. The number of nitrogens with zero attached hydrogens (tertiary/aromatic N) is 1. The number of likely N-dealkylation sites (tertiary alicyclic amines) is 1. The van der Waals surface area contributed by atoms with Gasteiger partial charge in [-0.3, -0.25) is 9.35 Å². The quantitative estimate of drug-likeness (QED) is 0.531. The number of amides is 1. The molecule has 0 aliphatic carbocycles. The van der Waals surface area contributed by atoms with E-state index in [4.69, 9.17) is 15.0 Å². The highest BCUT2D eigenvalue weighted by Crippen LogP contribution is 2.20. The van der Waals surface area contributed by atoms with Crippen molar-refractivity contribution in [2.45, 2.75) is 50.3 Å². The van der Waals surface area contributed by atoms with E-state index in [1.54, 1.807) is 19.1 Å². The average molecular weight is 449 g/mol. The van der Waals surface area contributed by atoms with Gasteiger partial charge in [0.1, 0.15) is 12.6 Å². The van der Waals surface area contributed by atoms with Crippen molar-refractivity contribution in [3.8, 4) is 0 Å². The molecule has 0 spiro atoms. The van der Waals surface area contributed by atoms with Crippen molar-refractivity contribution in [2.24, 2.45) is 5.73 Å². The van der Waals surface area contributed by atoms with Crippen LogP contribution in [0.3, 0.4) is 0 Å². The maximum absolute atomic E-state index is 12.1. The van der Waals surface area contributed by atoms with Crippen LogP contribution < -0.4 is 5.73 Å². The predicted octanol–water partition coefficient (Wildman–Crippen LogP) is 2.31. The first-order valence-electron chi connectivity index (χ1n) is 9.90. The molecule has 0 radical (unpaired) electrons. The lowest BCUT2D eigenvalue weighted by atomic mass is 10.2. The number of carbonyl (C=O) groups excluding carboxylic acids is 2.